The third kappa shape index (κ3) is 18.3. The topological polar surface area (TPSA) is 112 Å². The molecule has 0 radical (unpaired) electrons. The molecule has 0 fully saturated rings. The number of aromatic carboxylic acids is 2. The third-order valence-electron chi connectivity index (χ3n) is 13.8. The Kier molecular flexibility index (Phi) is 25.6. The van der Waals surface area contributed by atoms with Crippen molar-refractivity contribution < 1.29 is 38.7 Å². The summed E-state index contributed by atoms with van der Waals surface area (Å²) in [5, 5.41) is 21.4. The molecule has 1 aliphatic carbocycles. The highest BCUT2D eigenvalue weighted by Crippen LogP contribution is 2.40. The molecule has 70 heavy (non-hydrogen) atoms. The molecule has 5 rings (SSSR count). The first-order chi connectivity index (χ1) is 34.3. The number of rotatable bonds is 34. The van der Waals surface area contributed by atoms with Gasteiger partial charge in [-0.1, -0.05) is 193 Å². The first-order valence-corrected chi connectivity index (χ1v) is 27.8. The molecule has 0 aliphatic heterocycles. The molecule has 1 aliphatic rings. The van der Waals surface area contributed by atoms with Gasteiger partial charge in [0, 0.05) is 25.7 Å². The van der Waals surface area contributed by atoms with E-state index in [0.29, 0.717) is 68.3 Å². The fourth-order valence-corrected chi connectivity index (χ4v) is 9.90. The predicted molar refractivity (Wildman–Crippen MR) is 286 cm³/mol. The van der Waals surface area contributed by atoms with Gasteiger partial charge in [-0.2, -0.15) is 0 Å². The fraction of sp³-hybridized carbons (Fsp3) is 0.581. The molecule has 8 bridgehead atoms. The lowest BCUT2D eigenvalue weighted by Crippen LogP contribution is -2.12. The molecule has 4 aromatic carbocycles. The summed E-state index contributed by atoms with van der Waals surface area (Å²) in [7, 11) is 0. The summed E-state index contributed by atoms with van der Waals surface area (Å²) in [6.45, 7) is 11.1. The Morgan fingerprint density at radius 1 is 0.343 bits per heavy atom. The molecule has 0 heterocycles. The highest BCUT2D eigenvalue weighted by Gasteiger charge is 2.25. The standard InChI is InChI=1S/C62H88O8/c1-5-9-13-17-21-25-35-67-57-47-31-29-33-49(57)40-51-43-55(61(63)64)45-53(59(51)69-37-27-23-19-15-11-7-3)42-54-46-56(62(65)66)44-52(60(54)70-38-28-24-20-16-12-8-4)41-50-34-30-32-48(39-47)58(50)68-36-26-22-18-14-10-6-2/h29-34,43-46H,5-28,35-42H2,1-4H3,(H,63,64)(H,65,66). The molecule has 0 spiro atoms. The van der Waals surface area contributed by atoms with E-state index in [4.69, 9.17) is 18.9 Å². The van der Waals surface area contributed by atoms with E-state index < -0.39 is 11.9 Å². The second-order valence-corrected chi connectivity index (χ2v) is 19.8. The zero-order chi connectivity index (χ0) is 49.8. The van der Waals surface area contributed by atoms with E-state index in [0.717, 1.165) is 109 Å². The van der Waals surface area contributed by atoms with Crippen LogP contribution in [0.1, 0.15) is 247 Å². The molecule has 0 unspecified atom stereocenters. The normalized spacial score (nSPS) is 12.2. The van der Waals surface area contributed by atoms with Gasteiger partial charge in [0.15, 0.2) is 0 Å². The maximum atomic E-state index is 13.1. The van der Waals surface area contributed by atoms with E-state index >= 15 is 0 Å². The van der Waals surface area contributed by atoms with E-state index in [1.54, 1.807) is 24.3 Å². The Labute approximate surface area is 422 Å². The second kappa shape index (κ2) is 32.1. The van der Waals surface area contributed by atoms with Gasteiger partial charge in [0.2, 0.25) is 0 Å². The molecule has 0 saturated carbocycles. The van der Waals surface area contributed by atoms with Crippen LogP contribution >= 0.6 is 0 Å². The Balaban J connectivity index is 1.69. The van der Waals surface area contributed by atoms with Crippen LogP contribution in [0.25, 0.3) is 0 Å². The van der Waals surface area contributed by atoms with Crippen molar-refractivity contribution in [3.8, 4) is 23.0 Å². The number of unbranched alkanes of at least 4 members (excludes halogenated alkanes) is 20. The van der Waals surface area contributed by atoms with Crippen molar-refractivity contribution >= 4 is 11.9 Å². The van der Waals surface area contributed by atoms with E-state index in [9.17, 15) is 19.8 Å². The number of hydrogen-bond acceptors (Lipinski definition) is 6. The molecular formula is C62H88O8. The largest absolute Gasteiger partial charge is 0.493 e. The number of carbonyl (C=O) groups is 2. The summed E-state index contributed by atoms with van der Waals surface area (Å²) in [6.07, 6.45) is 28.7. The molecule has 0 amide bonds. The summed E-state index contributed by atoms with van der Waals surface area (Å²) in [5.74, 6) is 0.913. The summed E-state index contributed by atoms with van der Waals surface area (Å²) in [4.78, 5) is 26.1. The molecular weight excluding hydrogens is 873 g/mol. The Bertz CT molecular complexity index is 2020. The maximum absolute atomic E-state index is 13.1. The van der Waals surface area contributed by atoms with Crippen molar-refractivity contribution in [2.75, 3.05) is 26.4 Å². The van der Waals surface area contributed by atoms with Gasteiger partial charge in [0.05, 0.1) is 37.6 Å². The number of carboxylic acids is 2. The zero-order valence-corrected chi connectivity index (χ0v) is 43.7. The average molecular weight is 961 g/mol. The smallest absolute Gasteiger partial charge is 0.335 e. The first-order valence-electron chi connectivity index (χ1n) is 27.8. The average Bonchev–Trinajstić information content (AvgIpc) is 3.34. The molecule has 8 nitrogen and oxygen atoms in total. The molecule has 384 valence electrons. The van der Waals surface area contributed by atoms with E-state index in [1.807, 2.05) is 0 Å². The van der Waals surface area contributed by atoms with Gasteiger partial charge in [0.25, 0.3) is 0 Å². The summed E-state index contributed by atoms with van der Waals surface area (Å²) in [6, 6.07) is 19.7. The van der Waals surface area contributed by atoms with Crippen molar-refractivity contribution in [2.24, 2.45) is 0 Å². The van der Waals surface area contributed by atoms with Gasteiger partial charge in [-0.3, -0.25) is 0 Å². The molecule has 4 aromatic rings. The van der Waals surface area contributed by atoms with Crippen LogP contribution in [0.4, 0.5) is 0 Å². The van der Waals surface area contributed by atoms with Gasteiger partial charge < -0.3 is 29.2 Å². The quantitative estimate of drug-likeness (QED) is 0.0392. The summed E-state index contributed by atoms with van der Waals surface area (Å²) < 4.78 is 27.5. The van der Waals surface area contributed by atoms with Gasteiger partial charge >= 0.3 is 11.9 Å². The van der Waals surface area contributed by atoms with Gasteiger partial charge in [0.1, 0.15) is 23.0 Å². The van der Waals surface area contributed by atoms with Crippen LogP contribution < -0.4 is 18.9 Å². The number of carboxylic acid groups (broad SMARTS) is 2. The zero-order valence-electron chi connectivity index (χ0n) is 43.7. The van der Waals surface area contributed by atoms with Crippen LogP contribution in [0.2, 0.25) is 0 Å². The lowest BCUT2D eigenvalue weighted by molar-refractivity contribution is 0.0686. The Morgan fingerprint density at radius 3 is 0.814 bits per heavy atom. The van der Waals surface area contributed by atoms with E-state index in [2.05, 4.69) is 64.1 Å². The minimum Gasteiger partial charge on any atom is -0.493 e. The fourth-order valence-electron chi connectivity index (χ4n) is 9.90. The lowest BCUT2D eigenvalue weighted by Gasteiger charge is -2.23. The van der Waals surface area contributed by atoms with E-state index in [-0.39, 0.29) is 17.5 Å². The van der Waals surface area contributed by atoms with Crippen LogP contribution in [0.5, 0.6) is 23.0 Å². The van der Waals surface area contributed by atoms with Gasteiger partial charge in [-0.15, -0.1) is 0 Å². The lowest BCUT2D eigenvalue weighted by atomic mass is 9.89. The summed E-state index contributed by atoms with van der Waals surface area (Å²) in [5.41, 5.74) is 7.27. The van der Waals surface area contributed by atoms with Crippen LogP contribution in [0.15, 0.2) is 60.7 Å². The predicted octanol–water partition coefficient (Wildman–Crippen LogP) is 16.7. The monoisotopic (exact) mass is 961 g/mol. The van der Waals surface area contributed by atoms with Crippen molar-refractivity contribution in [2.45, 2.75) is 207 Å². The molecule has 2 N–H and O–H groups in total. The van der Waals surface area contributed by atoms with Crippen LogP contribution in [-0.4, -0.2) is 48.6 Å². The van der Waals surface area contributed by atoms with Crippen molar-refractivity contribution in [1.29, 1.82) is 0 Å². The van der Waals surface area contributed by atoms with Gasteiger partial charge in [-0.25, -0.2) is 9.59 Å². The Morgan fingerprint density at radius 2 is 0.557 bits per heavy atom. The van der Waals surface area contributed by atoms with Crippen molar-refractivity contribution in [3.63, 3.8) is 0 Å². The molecule has 0 aromatic heterocycles. The maximum Gasteiger partial charge on any atom is 0.335 e. The first kappa shape index (κ1) is 55.9. The molecule has 0 saturated heterocycles. The van der Waals surface area contributed by atoms with Gasteiger partial charge in [-0.05, 0) is 94.5 Å². The minimum atomic E-state index is -1.03. The van der Waals surface area contributed by atoms with Crippen LogP contribution in [0.3, 0.4) is 0 Å². The Hall–Kier alpha value is -4.98. The van der Waals surface area contributed by atoms with Crippen LogP contribution in [-0.2, 0) is 25.7 Å². The SMILES string of the molecule is CCCCCCCCOc1c2cccc1Cc1cc(C(=O)O)cc(c1OCCCCCCCC)Cc1cc(C(=O)O)cc(c1OCCCCCCCC)Cc1cccc(c1OCCCCCCCC)C2. The highest BCUT2D eigenvalue weighted by molar-refractivity contribution is 5.89. The second-order valence-electron chi connectivity index (χ2n) is 19.8. The molecule has 0 atom stereocenters. The van der Waals surface area contributed by atoms with Crippen molar-refractivity contribution in [1.82, 2.24) is 0 Å². The third-order valence-corrected chi connectivity index (χ3v) is 13.8. The molecule has 8 heteroatoms. The number of fused-ring (bicyclic) bond motifs is 8. The highest BCUT2D eigenvalue weighted by atomic mass is 16.5. The van der Waals surface area contributed by atoms with Crippen LogP contribution in [0, 0.1) is 0 Å². The number of hydrogen-bond donors (Lipinski definition) is 2. The number of benzene rings is 4. The van der Waals surface area contributed by atoms with E-state index in [1.165, 1.54) is 89.9 Å². The van der Waals surface area contributed by atoms with Crippen molar-refractivity contribution in [3.05, 3.63) is 116 Å². The minimum absolute atomic E-state index is 0.162. The number of para-hydroxylation sites is 2. The summed E-state index contributed by atoms with van der Waals surface area (Å²) >= 11 is 0. The number of ether oxygens (including phenoxy) is 4.